The van der Waals surface area contributed by atoms with E-state index < -0.39 is 0 Å². The van der Waals surface area contributed by atoms with Gasteiger partial charge in [-0.1, -0.05) is 0 Å². The van der Waals surface area contributed by atoms with Crippen LogP contribution in [0.25, 0.3) is 0 Å². The lowest BCUT2D eigenvalue weighted by atomic mass is 10.0. The first-order valence-electron chi connectivity index (χ1n) is 4.18. The quantitative estimate of drug-likeness (QED) is 0.598. The summed E-state index contributed by atoms with van der Waals surface area (Å²) >= 11 is 0. The summed E-state index contributed by atoms with van der Waals surface area (Å²) in [5.74, 6) is 0.366. The van der Waals surface area contributed by atoms with Gasteiger partial charge < -0.3 is 4.74 Å². The lowest BCUT2D eigenvalue weighted by molar-refractivity contribution is -0.124. The molecule has 0 bridgehead atoms. The van der Waals surface area contributed by atoms with Crippen LogP contribution in [0.1, 0.15) is 12.6 Å². The van der Waals surface area contributed by atoms with Crippen molar-refractivity contribution in [3.8, 4) is 0 Å². The SMILES string of the molecule is O=C1Nc2ncnn2C2OCCC12. The summed E-state index contributed by atoms with van der Waals surface area (Å²) in [5.41, 5.74) is 0. The number of carbonyl (C=O) groups excluding carboxylic acids is 1. The standard InChI is InChI=1S/C7H8N4O2/c12-5-4-1-2-13-6(4)11-7(10-5)8-3-9-11/h3-4,6H,1-2H2,(H,8,9,10,12). The van der Waals surface area contributed by atoms with Crippen LogP contribution in [-0.4, -0.2) is 27.3 Å². The zero-order valence-corrected chi connectivity index (χ0v) is 6.80. The minimum Gasteiger partial charge on any atom is -0.355 e. The van der Waals surface area contributed by atoms with Crippen LogP contribution in [0.15, 0.2) is 6.33 Å². The van der Waals surface area contributed by atoms with Crippen molar-refractivity contribution in [3.05, 3.63) is 6.33 Å². The highest BCUT2D eigenvalue weighted by atomic mass is 16.5. The molecule has 0 spiro atoms. The summed E-state index contributed by atoms with van der Waals surface area (Å²) < 4.78 is 7.04. The maximum absolute atomic E-state index is 11.5. The zero-order valence-electron chi connectivity index (χ0n) is 6.80. The van der Waals surface area contributed by atoms with Crippen molar-refractivity contribution in [2.24, 2.45) is 5.92 Å². The predicted octanol–water partition coefficient (Wildman–Crippen LogP) is -0.235. The fraction of sp³-hybridized carbons (Fsp3) is 0.571. The molecule has 2 aliphatic rings. The number of anilines is 1. The Morgan fingerprint density at radius 3 is 3.54 bits per heavy atom. The van der Waals surface area contributed by atoms with E-state index in [0.29, 0.717) is 12.6 Å². The van der Waals surface area contributed by atoms with Crippen LogP contribution in [0.3, 0.4) is 0 Å². The molecule has 3 heterocycles. The van der Waals surface area contributed by atoms with Crippen molar-refractivity contribution in [1.29, 1.82) is 0 Å². The summed E-state index contributed by atoms with van der Waals surface area (Å²) in [4.78, 5) is 15.4. The molecule has 2 unspecified atom stereocenters. The largest absolute Gasteiger partial charge is 0.355 e. The summed E-state index contributed by atoms with van der Waals surface area (Å²) in [5, 5.41) is 6.68. The molecule has 1 fully saturated rings. The zero-order chi connectivity index (χ0) is 8.84. The highest BCUT2D eigenvalue weighted by Crippen LogP contribution is 2.34. The highest BCUT2D eigenvalue weighted by molar-refractivity contribution is 5.92. The Balaban J connectivity index is 2.10. The van der Waals surface area contributed by atoms with Gasteiger partial charge in [-0.25, -0.2) is 4.68 Å². The fourth-order valence-electron chi connectivity index (χ4n) is 1.80. The van der Waals surface area contributed by atoms with E-state index in [-0.39, 0.29) is 18.1 Å². The van der Waals surface area contributed by atoms with Crippen molar-refractivity contribution >= 4 is 11.9 Å². The number of carbonyl (C=O) groups is 1. The molecule has 0 aromatic carbocycles. The topological polar surface area (TPSA) is 69.0 Å². The molecule has 1 aromatic rings. The number of amides is 1. The lowest BCUT2D eigenvalue weighted by Gasteiger charge is -2.24. The van der Waals surface area contributed by atoms with Crippen LogP contribution in [0.2, 0.25) is 0 Å². The average molecular weight is 180 g/mol. The Kier molecular flexibility index (Phi) is 1.24. The molecule has 68 valence electrons. The van der Waals surface area contributed by atoms with E-state index in [9.17, 15) is 4.79 Å². The van der Waals surface area contributed by atoms with Crippen LogP contribution in [0.4, 0.5) is 5.95 Å². The van der Waals surface area contributed by atoms with E-state index in [4.69, 9.17) is 4.74 Å². The summed E-state index contributed by atoms with van der Waals surface area (Å²) in [6.07, 6.45) is 1.93. The molecule has 1 N–H and O–H groups in total. The molecule has 2 aliphatic heterocycles. The molecule has 6 nitrogen and oxygen atoms in total. The minimum atomic E-state index is -0.244. The van der Waals surface area contributed by atoms with Crippen molar-refractivity contribution < 1.29 is 9.53 Å². The Morgan fingerprint density at radius 1 is 1.69 bits per heavy atom. The third-order valence-electron chi connectivity index (χ3n) is 2.45. The average Bonchev–Trinajstić information content (AvgIpc) is 2.66. The number of fused-ring (bicyclic) bond motifs is 3. The van der Waals surface area contributed by atoms with E-state index in [1.165, 1.54) is 6.33 Å². The number of nitrogens with zero attached hydrogens (tertiary/aromatic N) is 3. The molecule has 0 saturated carbocycles. The Hall–Kier alpha value is -1.43. The van der Waals surface area contributed by atoms with E-state index in [1.54, 1.807) is 4.68 Å². The monoisotopic (exact) mass is 180 g/mol. The molecular weight excluding hydrogens is 172 g/mol. The van der Waals surface area contributed by atoms with Gasteiger partial charge >= 0.3 is 0 Å². The van der Waals surface area contributed by atoms with Crippen molar-refractivity contribution in [1.82, 2.24) is 14.8 Å². The van der Waals surface area contributed by atoms with Gasteiger partial charge in [0.2, 0.25) is 11.9 Å². The van der Waals surface area contributed by atoms with Gasteiger partial charge in [-0.05, 0) is 6.42 Å². The molecule has 0 radical (unpaired) electrons. The van der Waals surface area contributed by atoms with E-state index >= 15 is 0 Å². The van der Waals surface area contributed by atoms with Gasteiger partial charge in [-0.3, -0.25) is 10.1 Å². The Morgan fingerprint density at radius 2 is 2.62 bits per heavy atom. The number of rotatable bonds is 0. The molecule has 0 aliphatic carbocycles. The second-order valence-corrected chi connectivity index (χ2v) is 3.17. The number of ether oxygens (including phenoxy) is 1. The third kappa shape index (κ3) is 0.831. The number of aromatic nitrogens is 3. The first-order chi connectivity index (χ1) is 6.36. The predicted molar refractivity (Wildman–Crippen MR) is 41.7 cm³/mol. The Labute approximate surface area is 73.9 Å². The van der Waals surface area contributed by atoms with Gasteiger partial charge in [0.05, 0.1) is 12.5 Å². The van der Waals surface area contributed by atoms with Gasteiger partial charge in [0.15, 0.2) is 6.23 Å². The smallest absolute Gasteiger partial charge is 0.234 e. The first-order valence-corrected chi connectivity index (χ1v) is 4.18. The van der Waals surface area contributed by atoms with Crippen LogP contribution >= 0.6 is 0 Å². The normalized spacial score (nSPS) is 30.9. The number of hydrogen-bond acceptors (Lipinski definition) is 4. The first kappa shape index (κ1) is 7.02. The lowest BCUT2D eigenvalue weighted by Crippen LogP contribution is -2.35. The van der Waals surface area contributed by atoms with Gasteiger partial charge in [0.1, 0.15) is 6.33 Å². The van der Waals surface area contributed by atoms with Crippen LogP contribution < -0.4 is 5.32 Å². The summed E-state index contributed by atoms with van der Waals surface area (Å²) in [6.45, 7) is 0.613. The van der Waals surface area contributed by atoms with E-state index in [2.05, 4.69) is 15.4 Å². The van der Waals surface area contributed by atoms with E-state index in [0.717, 1.165) is 6.42 Å². The summed E-state index contributed by atoms with van der Waals surface area (Å²) in [6, 6.07) is 0. The number of nitrogens with one attached hydrogen (secondary N) is 1. The van der Waals surface area contributed by atoms with Crippen molar-refractivity contribution in [2.75, 3.05) is 11.9 Å². The second-order valence-electron chi connectivity index (χ2n) is 3.17. The highest BCUT2D eigenvalue weighted by Gasteiger charge is 2.41. The van der Waals surface area contributed by atoms with Gasteiger partial charge in [-0.15, -0.1) is 0 Å². The van der Waals surface area contributed by atoms with Crippen LogP contribution in [0.5, 0.6) is 0 Å². The maximum Gasteiger partial charge on any atom is 0.234 e. The van der Waals surface area contributed by atoms with Crippen molar-refractivity contribution in [3.63, 3.8) is 0 Å². The second kappa shape index (κ2) is 2.29. The molecule has 13 heavy (non-hydrogen) atoms. The van der Waals surface area contributed by atoms with Crippen molar-refractivity contribution in [2.45, 2.75) is 12.6 Å². The molecule has 1 saturated heterocycles. The Bertz CT molecular complexity index is 361. The molecule has 1 aromatic heterocycles. The number of hydrogen-bond donors (Lipinski definition) is 1. The molecule has 6 heteroatoms. The van der Waals surface area contributed by atoms with Crippen LogP contribution in [0, 0.1) is 5.92 Å². The van der Waals surface area contributed by atoms with Gasteiger partial charge in [-0.2, -0.15) is 10.1 Å². The van der Waals surface area contributed by atoms with Gasteiger partial charge in [0, 0.05) is 0 Å². The van der Waals surface area contributed by atoms with E-state index in [1.807, 2.05) is 0 Å². The molecular formula is C7H8N4O2. The molecule has 1 amide bonds. The maximum atomic E-state index is 11.5. The minimum absolute atomic E-state index is 0.0111. The van der Waals surface area contributed by atoms with Gasteiger partial charge in [0.25, 0.3) is 0 Å². The van der Waals surface area contributed by atoms with Crippen LogP contribution in [-0.2, 0) is 9.53 Å². The summed E-state index contributed by atoms with van der Waals surface area (Å²) in [7, 11) is 0. The third-order valence-corrected chi connectivity index (χ3v) is 2.45. The molecule has 3 rings (SSSR count). The fourth-order valence-corrected chi connectivity index (χ4v) is 1.80. The molecule has 2 atom stereocenters.